The summed E-state index contributed by atoms with van der Waals surface area (Å²) in [6.07, 6.45) is 1.50. The topological polar surface area (TPSA) is 61.6 Å². The maximum Gasteiger partial charge on any atom is 0.147 e. The molecule has 104 valence electrons. The Morgan fingerprint density at radius 2 is 2.24 bits per heavy atom. The summed E-state index contributed by atoms with van der Waals surface area (Å²) in [5, 5.41) is 13.9. The van der Waals surface area contributed by atoms with E-state index < -0.39 is 5.82 Å². The Kier molecular flexibility index (Phi) is 3.50. The van der Waals surface area contributed by atoms with E-state index >= 15 is 0 Å². The monoisotopic (exact) mass is 298 g/mol. The van der Waals surface area contributed by atoms with Gasteiger partial charge in [0.1, 0.15) is 18.0 Å². The molecule has 0 bridgehead atoms. The molecule has 0 radical (unpaired) electrons. The van der Waals surface area contributed by atoms with Crippen LogP contribution in [0, 0.1) is 24.1 Å². The molecular weight excluding hydrogens is 287 g/mol. The number of halogens is 1. The van der Waals surface area contributed by atoms with E-state index in [1.807, 2.05) is 18.4 Å². The highest BCUT2D eigenvalue weighted by Gasteiger charge is 2.09. The SMILES string of the molecule is Cc1csc2c(NCc3ccc(C#N)cc3F)ncnc12. The minimum Gasteiger partial charge on any atom is -0.365 e. The van der Waals surface area contributed by atoms with Gasteiger partial charge in [0.05, 0.1) is 21.8 Å². The Bertz CT molecular complexity index is 850. The van der Waals surface area contributed by atoms with Crippen LogP contribution in [-0.2, 0) is 6.54 Å². The molecule has 0 amide bonds. The molecule has 2 heterocycles. The Morgan fingerprint density at radius 3 is 3.00 bits per heavy atom. The minimum atomic E-state index is -0.394. The standard InChI is InChI=1S/C15H11FN4S/c1-9-7-21-14-13(9)19-8-20-15(14)18-6-11-3-2-10(5-17)4-12(11)16/h2-4,7-8H,6H2,1H3,(H,18,19,20). The van der Waals surface area contributed by atoms with Crippen LogP contribution < -0.4 is 5.32 Å². The lowest BCUT2D eigenvalue weighted by Gasteiger charge is -2.07. The highest BCUT2D eigenvalue weighted by Crippen LogP contribution is 2.28. The molecule has 0 unspecified atom stereocenters. The summed E-state index contributed by atoms with van der Waals surface area (Å²) in [7, 11) is 0. The van der Waals surface area contributed by atoms with Crippen molar-refractivity contribution in [2.24, 2.45) is 0 Å². The first-order chi connectivity index (χ1) is 10.2. The number of hydrogen-bond donors (Lipinski definition) is 1. The van der Waals surface area contributed by atoms with Crippen LogP contribution in [0.15, 0.2) is 29.9 Å². The fraction of sp³-hybridized carbons (Fsp3) is 0.133. The highest BCUT2D eigenvalue weighted by atomic mass is 32.1. The number of aromatic nitrogens is 2. The van der Waals surface area contributed by atoms with Crippen LogP contribution >= 0.6 is 11.3 Å². The predicted molar refractivity (Wildman–Crippen MR) is 80.6 cm³/mol. The summed E-state index contributed by atoms with van der Waals surface area (Å²) < 4.78 is 14.8. The van der Waals surface area contributed by atoms with Crippen molar-refractivity contribution >= 4 is 27.4 Å². The summed E-state index contributed by atoms with van der Waals surface area (Å²) in [6.45, 7) is 2.30. The van der Waals surface area contributed by atoms with Crippen molar-refractivity contribution in [3.8, 4) is 6.07 Å². The zero-order chi connectivity index (χ0) is 14.8. The van der Waals surface area contributed by atoms with Crippen molar-refractivity contribution in [3.05, 3.63) is 52.4 Å². The van der Waals surface area contributed by atoms with Crippen molar-refractivity contribution in [3.63, 3.8) is 0 Å². The van der Waals surface area contributed by atoms with Crippen molar-refractivity contribution < 1.29 is 4.39 Å². The summed E-state index contributed by atoms with van der Waals surface area (Å²) in [5.74, 6) is 0.302. The number of nitrogens with one attached hydrogen (secondary N) is 1. The van der Waals surface area contributed by atoms with E-state index in [1.165, 1.54) is 12.4 Å². The summed E-state index contributed by atoms with van der Waals surface area (Å²) in [5.41, 5.74) is 2.83. The largest absolute Gasteiger partial charge is 0.365 e. The van der Waals surface area contributed by atoms with Crippen molar-refractivity contribution in [1.29, 1.82) is 5.26 Å². The van der Waals surface area contributed by atoms with Crippen LogP contribution in [0.5, 0.6) is 0 Å². The molecule has 0 aliphatic heterocycles. The van der Waals surface area contributed by atoms with Gasteiger partial charge in [-0.2, -0.15) is 5.26 Å². The molecule has 21 heavy (non-hydrogen) atoms. The van der Waals surface area contributed by atoms with Crippen LogP contribution in [0.1, 0.15) is 16.7 Å². The average molecular weight is 298 g/mol. The van der Waals surface area contributed by atoms with Gasteiger partial charge in [0.2, 0.25) is 0 Å². The molecule has 0 spiro atoms. The molecule has 2 aromatic heterocycles. The zero-order valence-electron chi connectivity index (χ0n) is 11.2. The molecule has 0 fully saturated rings. The lowest BCUT2D eigenvalue weighted by atomic mass is 10.1. The molecule has 0 aliphatic carbocycles. The van der Waals surface area contributed by atoms with Crippen LogP contribution in [0.4, 0.5) is 10.2 Å². The first-order valence-corrected chi connectivity index (χ1v) is 7.18. The first kappa shape index (κ1) is 13.5. The Labute approximate surface area is 124 Å². The van der Waals surface area contributed by atoms with Gasteiger partial charge in [0, 0.05) is 12.1 Å². The van der Waals surface area contributed by atoms with Crippen molar-refractivity contribution in [2.45, 2.75) is 13.5 Å². The highest BCUT2D eigenvalue weighted by molar-refractivity contribution is 7.18. The van der Waals surface area contributed by atoms with E-state index in [0.29, 0.717) is 23.5 Å². The second-order valence-electron chi connectivity index (χ2n) is 4.59. The minimum absolute atomic E-state index is 0.306. The summed E-state index contributed by atoms with van der Waals surface area (Å²) >= 11 is 1.56. The quantitative estimate of drug-likeness (QED) is 0.802. The van der Waals surface area contributed by atoms with Gasteiger partial charge in [-0.1, -0.05) is 6.07 Å². The third-order valence-electron chi connectivity index (χ3n) is 3.16. The Hall–Kier alpha value is -2.52. The molecule has 0 atom stereocenters. The lowest BCUT2D eigenvalue weighted by molar-refractivity contribution is 0.612. The fourth-order valence-corrected chi connectivity index (χ4v) is 3.00. The fourth-order valence-electron chi connectivity index (χ4n) is 2.03. The average Bonchev–Trinajstić information content (AvgIpc) is 2.88. The molecule has 3 aromatic rings. The molecule has 3 rings (SSSR count). The molecule has 4 nitrogen and oxygen atoms in total. The van der Waals surface area contributed by atoms with Crippen molar-refractivity contribution in [1.82, 2.24) is 9.97 Å². The number of anilines is 1. The van der Waals surface area contributed by atoms with Crippen LogP contribution in [-0.4, -0.2) is 9.97 Å². The lowest BCUT2D eigenvalue weighted by Crippen LogP contribution is -2.04. The normalized spacial score (nSPS) is 10.5. The van der Waals surface area contributed by atoms with Gasteiger partial charge < -0.3 is 5.32 Å². The molecule has 0 aliphatic rings. The number of fused-ring (bicyclic) bond motifs is 1. The van der Waals surface area contributed by atoms with E-state index in [0.717, 1.165) is 15.8 Å². The van der Waals surface area contributed by atoms with E-state index in [4.69, 9.17) is 5.26 Å². The Morgan fingerprint density at radius 1 is 1.38 bits per heavy atom. The van der Waals surface area contributed by atoms with Crippen LogP contribution in [0.25, 0.3) is 10.2 Å². The number of nitriles is 1. The van der Waals surface area contributed by atoms with Gasteiger partial charge in [0.15, 0.2) is 0 Å². The Balaban J connectivity index is 1.85. The predicted octanol–water partition coefficient (Wildman–Crippen LogP) is 3.62. The van der Waals surface area contributed by atoms with Crippen LogP contribution in [0.2, 0.25) is 0 Å². The van der Waals surface area contributed by atoms with Gasteiger partial charge in [-0.15, -0.1) is 11.3 Å². The van der Waals surface area contributed by atoms with E-state index in [9.17, 15) is 4.39 Å². The third kappa shape index (κ3) is 2.56. The number of rotatable bonds is 3. The maximum atomic E-state index is 13.8. The zero-order valence-corrected chi connectivity index (χ0v) is 12.0. The maximum absolute atomic E-state index is 13.8. The molecular formula is C15H11FN4S. The number of hydrogen-bond acceptors (Lipinski definition) is 5. The van der Waals surface area contributed by atoms with Gasteiger partial charge in [-0.25, -0.2) is 14.4 Å². The molecule has 0 saturated carbocycles. The number of benzene rings is 1. The smallest absolute Gasteiger partial charge is 0.147 e. The van der Waals surface area contributed by atoms with E-state index in [-0.39, 0.29) is 0 Å². The summed E-state index contributed by atoms with van der Waals surface area (Å²) in [6, 6.07) is 6.37. The first-order valence-electron chi connectivity index (χ1n) is 6.30. The van der Waals surface area contributed by atoms with Gasteiger partial charge in [-0.05, 0) is 30.0 Å². The van der Waals surface area contributed by atoms with E-state index in [2.05, 4.69) is 15.3 Å². The van der Waals surface area contributed by atoms with Gasteiger partial charge in [-0.3, -0.25) is 0 Å². The van der Waals surface area contributed by atoms with Crippen LogP contribution in [0.3, 0.4) is 0 Å². The number of thiophene rings is 1. The molecule has 0 saturated heterocycles. The third-order valence-corrected chi connectivity index (χ3v) is 4.25. The number of aryl methyl sites for hydroxylation is 1. The molecule has 6 heteroatoms. The number of nitrogens with zero attached hydrogens (tertiary/aromatic N) is 3. The van der Waals surface area contributed by atoms with Gasteiger partial charge in [0.25, 0.3) is 0 Å². The van der Waals surface area contributed by atoms with Crippen molar-refractivity contribution in [2.75, 3.05) is 5.32 Å². The summed E-state index contributed by atoms with van der Waals surface area (Å²) in [4.78, 5) is 8.46. The second-order valence-corrected chi connectivity index (χ2v) is 5.47. The van der Waals surface area contributed by atoms with Gasteiger partial charge >= 0.3 is 0 Å². The second kappa shape index (κ2) is 5.46. The van der Waals surface area contributed by atoms with E-state index in [1.54, 1.807) is 23.5 Å². The molecule has 1 N–H and O–H groups in total. The molecule has 1 aromatic carbocycles.